The standard InChI is InChI=1S/C32H27N/c1-24-16-20-27(21-17-24)33(28-22-18-25(2)19-23-28)32-15-9-8-14-31(32)30-13-7-6-12-29(30)26-10-4-3-5-11-26/h3-23H,1-2H3. The van der Waals surface area contributed by atoms with E-state index in [4.69, 9.17) is 0 Å². The number of hydrogen-bond acceptors (Lipinski definition) is 1. The van der Waals surface area contributed by atoms with Gasteiger partial charge in [0.2, 0.25) is 0 Å². The number of rotatable bonds is 5. The highest BCUT2D eigenvalue weighted by atomic mass is 15.1. The summed E-state index contributed by atoms with van der Waals surface area (Å²) in [6.45, 7) is 4.26. The summed E-state index contributed by atoms with van der Waals surface area (Å²) in [6, 6.07) is 45.5. The van der Waals surface area contributed by atoms with Gasteiger partial charge in [0.15, 0.2) is 0 Å². The van der Waals surface area contributed by atoms with Crippen LogP contribution in [0.4, 0.5) is 17.1 Å². The Morgan fingerprint density at radius 3 is 1.42 bits per heavy atom. The number of para-hydroxylation sites is 1. The van der Waals surface area contributed by atoms with E-state index >= 15 is 0 Å². The summed E-state index contributed by atoms with van der Waals surface area (Å²) in [7, 11) is 0. The Kier molecular flexibility index (Phi) is 5.78. The van der Waals surface area contributed by atoms with Crippen LogP contribution in [0.15, 0.2) is 127 Å². The zero-order chi connectivity index (χ0) is 22.6. The molecule has 5 aromatic carbocycles. The number of nitrogens with zero attached hydrogens (tertiary/aromatic N) is 1. The highest BCUT2D eigenvalue weighted by molar-refractivity contribution is 5.93. The Balaban J connectivity index is 1.73. The molecule has 5 rings (SSSR count). The lowest BCUT2D eigenvalue weighted by atomic mass is 9.93. The van der Waals surface area contributed by atoms with Crippen LogP contribution < -0.4 is 4.90 Å². The highest BCUT2D eigenvalue weighted by Gasteiger charge is 2.18. The van der Waals surface area contributed by atoms with Crippen LogP contribution in [-0.2, 0) is 0 Å². The molecule has 5 aromatic rings. The van der Waals surface area contributed by atoms with Gasteiger partial charge in [-0.2, -0.15) is 0 Å². The Bertz CT molecular complexity index is 1300. The van der Waals surface area contributed by atoms with E-state index < -0.39 is 0 Å². The minimum Gasteiger partial charge on any atom is -0.310 e. The van der Waals surface area contributed by atoms with Crippen LogP contribution in [0.1, 0.15) is 11.1 Å². The van der Waals surface area contributed by atoms with Crippen LogP contribution in [-0.4, -0.2) is 0 Å². The minimum atomic E-state index is 1.15. The smallest absolute Gasteiger partial charge is 0.0540 e. The van der Waals surface area contributed by atoms with Gasteiger partial charge in [0.25, 0.3) is 0 Å². The molecule has 0 heterocycles. The molecule has 0 saturated carbocycles. The van der Waals surface area contributed by atoms with Crippen molar-refractivity contribution in [3.05, 3.63) is 139 Å². The summed E-state index contributed by atoms with van der Waals surface area (Å²) in [6.07, 6.45) is 0. The van der Waals surface area contributed by atoms with E-state index in [9.17, 15) is 0 Å². The lowest BCUT2D eigenvalue weighted by molar-refractivity contribution is 1.27. The number of aryl methyl sites for hydroxylation is 2. The summed E-state index contributed by atoms with van der Waals surface area (Å²) in [5.74, 6) is 0. The fraction of sp³-hybridized carbons (Fsp3) is 0.0625. The molecular weight excluding hydrogens is 398 g/mol. The summed E-state index contributed by atoms with van der Waals surface area (Å²) in [5, 5.41) is 0. The molecule has 1 nitrogen and oxygen atoms in total. The first kappa shape index (κ1) is 20.8. The molecule has 0 amide bonds. The van der Waals surface area contributed by atoms with Crippen molar-refractivity contribution < 1.29 is 0 Å². The van der Waals surface area contributed by atoms with Crippen molar-refractivity contribution in [3.8, 4) is 22.3 Å². The van der Waals surface area contributed by atoms with Crippen molar-refractivity contribution in [2.24, 2.45) is 0 Å². The molecule has 1 heteroatoms. The topological polar surface area (TPSA) is 3.24 Å². The summed E-state index contributed by atoms with van der Waals surface area (Å²) in [4.78, 5) is 2.36. The van der Waals surface area contributed by atoms with Gasteiger partial charge in [0, 0.05) is 16.9 Å². The third kappa shape index (κ3) is 4.31. The summed E-state index contributed by atoms with van der Waals surface area (Å²) in [5.41, 5.74) is 10.9. The predicted molar refractivity (Wildman–Crippen MR) is 141 cm³/mol. The maximum absolute atomic E-state index is 2.36. The van der Waals surface area contributed by atoms with E-state index in [0.29, 0.717) is 0 Å². The number of anilines is 3. The molecule has 0 N–H and O–H groups in total. The lowest BCUT2D eigenvalue weighted by Crippen LogP contribution is -2.11. The molecule has 0 aliphatic rings. The molecule has 0 atom stereocenters. The van der Waals surface area contributed by atoms with Gasteiger partial charge in [0.05, 0.1) is 5.69 Å². The van der Waals surface area contributed by atoms with Crippen LogP contribution in [0.5, 0.6) is 0 Å². The van der Waals surface area contributed by atoms with Crippen LogP contribution >= 0.6 is 0 Å². The number of benzene rings is 5. The van der Waals surface area contributed by atoms with Gasteiger partial charge < -0.3 is 4.90 Å². The zero-order valence-corrected chi connectivity index (χ0v) is 19.1. The van der Waals surface area contributed by atoms with E-state index in [2.05, 4.69) is 146 Å². The molecule has 0 spiro atoms. The first-order valence-corrected chi connectivity index (χ1v) is 11.4. The SMILES string of the molecule is Cc1ccc(N(c2ccc(C)cc2)c2ccccc2-c2ccccc2-c2ccccc2)cc1. The van der Waals surface area contributed by atoms with Gasteiger partial charge in [-0.15, -0.1) is 0 Å². The second kappa shape index (κ2) is 9.18. The van der Waals surface area contributed by atoms with Crippen molar-refractivity contribution in [2.45, 2.75) is 13.8 Å². The van der Waals surface area contributed by atoms with E-state index in [1.807, 2.05) is 0 Å². The van der Waals surface area contributed by atoms with E-state index in [1.54, 1.807) is 0 Å². The van der Waals surface area contributed by atoms with E-state index in [1.165, 1.54) is 33.4 Å². The summed E-state index contributed by atoms with van der Waals surface area (Å²) < 4.78 is 0. The van der Waals surface area contributed by atoms with Gasteiger partial charge in [-0.25, -0.2) is 0 Å². The lowest BCUT2D eigenvalue weighted by Gasteiger charge is -2.28. The van der Waals surface area contributed by atoms with Crippen molar-refractivity contribution >= 4 is 17.1 Å². The van der Waals surface area contributed by atoms with Gasteiger partial charge in [-0.3, -0.25) is 0 Å². The van der Waals surface area contributed by atoms with E-state index in [-0.39, 0.29) is 0 Å². The maximum atomic E-state index is 2.36. The zero-order valence-electron chi connectivity index (χ0n) is 19.1. The summed E-state index contributed by atoms with van der Waals surface area (Å²) >= 11 is 0. The van der Waals surface area contributed by atoms with E-state index in [0.717, 1.165) is 17.1 Å². The second-order valence-corrected chi connectivity index (χ2v) is 8.44. The monoisotopic (exact) mass is 425 g/mol. The first-order valence-electron chi connectivity index (χ1n) is 11.4. The van der Waals surface area contributed by atoms with Crippen LogP contribution in [0, 0.1) is 13.8 Å². The average molecular weight is 426 g/mol. The first-order chi connectivity index (χ1) is 16.2. The fourth-order valence-corrected chi connectivity index (χ4v) is 4.30. The van der Waals surface area contributed by atoms with Gasteiger partial charge >= 0.3 is 0 Å². The van der Waals surface area contributed by atoms with Gasteiger partial charge in [0.1, 0.15) is 0 Å². The molecule has 160 valence electrons. The molecule has 0 bridgehead atoms. The Morgan fingerprint density at radius 2 is 0.848 bits per heavy atom. The minimum absolute atomic E-state index is 1.15. The number of hydrogen-bond donors (Lipinski definition) is 0. The molecule has 33 heavy (non-hydrogen) atoms. The molecule has 0 saturated heterocycles. The Labute approximate surface area is 196 Å². The van der Waals surface area contributed by atoms with Crippen molar-refractivity contribution in [1.82, 2.24) is 0 Å². The van der Waals surface area contributed by atoms with Crippen LogP contribution in [0.3, 0.4) is 0 Å². The molecule has 0 radical (unpaired) electrons. The molecule has 0 aliphatic heterocycles. The molecule has 0 fully saturated rings. The molecule has 0 aromatic heterocycles. The second-order valence-electron chi connectivity index (χ2n) is 8.44. The van der Waals surface area contributed by atoms with Crippen molar-refractivity contribution in [2.75, 3.05) is 4.90 Å². The quantitative estimate of drug-likeness (QED) is 0.271. The Morgan fingerprint density at radius 1 is 0.394 bits per heavy atom. The normalized spacial score (nSPS) is 10.7. The molecule has 0 aliphatic carbocycles. The van der Waals surface area contributed by atoms with Crippen molar-refractivity contribution in [3.63, 3.8) is 0 Å². The fourth-order valence-electron chi connectivity index (χ4n) is 4.30. The van der Waals surface area contributed by atoms with Gasteiger partial charge in [-0.05, 0) is 60.9 Å². The van der Waals surface area contributed by atoms with Crippen LogP contribution in [0.25, 0.3) is 22.3 Å². The molecule has 0 unspecified atom stereocenters. The van der Waals surface area contributed by atoms with Crippen molar-refractivity contribution in [1.29, 1.82) is 0 Å². The Hall–Kier alpha value is -4.10. The molecular formula is C32H27N. The third-order valence-corrected chi connectivity index (χ3v) is 6.03. The maximum Gasteiger partial charge on any atom is 0.0540 e. The van der Waals surface area contributed by atoms with Crippen LogP contribution in [0.2, 0.25) is 0 Å². The largest absolute Gasteiger partial charge is 0.310 e. The predicted octanol–water partition coefficient (Wildman–Crippen LogP) is 9.11. The highest BCUT2D eigenvalue weighted by Crippen LogP contribution is 2.43. The van der Waals surface area contributed by atoms with Gasteiger partial charge in [-0.1, -0.05) is 108 Å². The average Bonchev–Trinajstić information content (AvgIpc) is 2.87. The third-order valence-electron chi connectivity index (χ3n) is 6.03.